The summed E-state index contributed by atoms with van der Waals surface area (Å²) >= 11 is 12.9. The number of carbonyl (C=O) groups excluding carboxylic acids is 2. The second-order valence-electron chi connectivity index (χ2n) is 7.14. The number of amides is 2. The molecule has 3 aromatic carbocycles. The monoisotopic (exact) mass is 515 g/mol. The van der Waals surface area contributed by atoms with Crippen LogP contribution in [0, 0.1) is 0 Å². The molecule has 0 aliphatic carbocycles. The van der Waals surface area contributed by atoms with E-state index in [4.69, 9.17) is 37.4 Å². The number of halogens is 2. The zero-order valence-corrected chi connectivity index (χ0v) is 20.5. The molecule has 1 saturated heterocycles. The van der Waals surface area contributed by atoms with Gasteiger partial charge >= 0.3 is 0 Å². The highest BCUT2D eigenvalue weighted by atomic mass is 35.5. The predicted molar refractivity (Wildman–Crippen MR) is 135 cm³/mol. The third-order valence-electron chi connectivity index (χ3n) is 4.98. The molecule has 2 amide bonds. The standard InChI is InChI=1S/C25H19Cl2NO5S/c1-31-20-6-4-3-5-19(20)28-24(29)23(34-25(28)30)13-15-8-10-21(22(12-15)32-2)33-14-16-7-9-17(26)18(27)11-16/h3-13H,14H2,1-2H3/b23-13-. The highest BCUT2D eigenvalue weighted by Gasteiger charge is 2.37. The zero-order chi connectivity index (χ0) is 24.2. The van der Waals surface area contributed by atoms with E-state index in [0.717, 1.165) is 22.2 Å². The van der Waals surface area contributed by atoms with Crippen LogP contribution in [-0.2, 0) is 11.4 Å². The third-order valence-corrected chi connectivity index (χ3v) is 6.59. The summed E-state index contributed by atoms with van der Waals surface area (Å²) in [5, 5.41) is 0.531. The van der Waals surface area contributed by atoms with Gasteiger partial charge in [-0.1, -0.05) is 47.5 Å². The quantitative estimate of drug-likeness (QED) is 0.321. The molecule has 6 nitrogen and oxygen atoms in total. The Bertz CT molecular complexity index is 1290. The highest BCUT2D eigenvalue weighted by molar-refractivity contribution is 8.19. The van der Waals surface area contributed by atoms with Crippen molar-refractivity contribution in [2.45, 2.75) is 6.61 Å². The number of thioether (sulfide) groups is 1. The van der Waals surface area contributed by atoms with Crippen molar-refractivity contribution in [3.05, 3.63) is 86.7 Å². The molecule has 0 atom stereocenters. The van der Waals surface area contributed by atoms with E-state index in [2.05, 4.69) is 0 Å². The Morgan fingerprint density at radius 1 is 0.882 bits per heavy atom. The van der Waals surface area contributed by atoms with Crippen molar-refractivity contribution < 1.29 is 23.8 Å². The normalized spacial score (nSPS) is 14.6. The first kappa shape index (κ1) is 24.0. The summed E-state index contributed by atoms with van der Waals surface area (Å²) in [6.45, 7) is 0.268. The first-order valence-electron chi connectivity index (χ1n) is 10.1. The van der Waals surface area contributed by atoms with Gasteiger partial charge in [0.1, 0.15) is 12.4 Å². The molecule has 34 heavy (non-hydrogen) atoms. The Hall–Kier alpha value is -3.13. The van der Waals surface area contributed by atoms with Gasteiger partial charge in [0.05, 0.1) is 34.9 Å². The molecule has 1 aliphatic rings. The molecule has 0 N–H and O–H groups in total. The van der Waals surface area contributed by atoms with E-state index >= 15 is 0 Å². The molecule has 0 saturated carbocycles. The van der Waals surface area contributed by atoms with Crippen molar-refractivity contribution in [2.75, 3.05) is 19.1 Å². The fraction of sp³-hybridized carbons (Fsp3) is 0.120. The number of anilines is 1. The van der Waals surface area contributed by atoms with Gasteiger partial charge in [0.2, 0.25) is 0 Å². The molecule has 1 aliphatic heterocycles. The Labute approximate surface area is 211 Å². The molecule has 0 radical (unpaired) electrons. The van der Waals surface area contributed by atoms with Gasteiger partial charge in [-0.15, -0.1) is 0 Å². The van der Waals surface area contributed by atoms with E-state index in [1.165, 1.54) is 14.2 Å². The SMILES string of the molecule is COc1cc(/C=C2\SC(=O)N(c3ccccc3OC)C2=O)ccc1OCc1ccc(Cl)c(Cl)c1. The minimum absolute atomic E-state index is 0.268. The van der Waals surface area contributed by atoms with Crippen LogP contribution in [0.1, 0.15) is 11.1 Å². The van der Waals surface area contributed by atoms with Crippen molar-refractivity contribution in [3.63, 3.8) is 0 Å². The van der Waals surface area contributed by atoms with Crippen molar-refractivity contribution in [2.24, 2.45) is 0 Å². The highest BCUT2D eigenvalue weighted by Crippen LogP contribution is 2.40. The summed E-state index contributed by atoms with van der Waals surface area (Å²) in [5.41, 5.74) is 1.94. The lowest BCUT2D eigenvalue weighted by molar-refractivity contribution is -0.113. The second kappa shape index (κ2) is 10.4. The number of ether oxygens (including phenoxy) is 3. The van der Waals surface area contributed by atoms with Crippen LogP contribution in [-0.4, -0.2) is 25.4 Å². The van der Waals surface area contributed by atoms with E-state index in [1.807, 2.05) is 6.07 Å². The van der Waals surface area contributed by atoms with Crippen LogP contribution in [0.3, 0.4) is 0 Å². The van der Waals surface area contributed by atoms with E-state index in [9.17, 15) is 9.59 Å². The number of nitrogens with zero attached hydrogens (tertiary/aromatic N) is 1. The van der Waals surface area contributed by atoms with Crippen LogP contribution in [0.15, 0.2) is 65.6 Å². The average Bonchev–Trinajstić information content (AvgIpc) is 3.12. The maximum Gasteiger partial charge on any atom is 0.298 e. The Morgan fingerprint density at radius 2 is 1.65 bits per heavy atom. The number of carbonyl (C=O) groups is 2. The smallest absolute Gasteiger partial charge is 0.298 e. The molecule has 174 valence electrons. The minimum Gasteiger partial charge on any atom is -0.495 e. The van der Waals surface area contributed by atoms with Gasteiger partial charge < -0.3 is 14.2 Å². The topological polar surface area (TPSA) is 65.1 Å². The largest absolute Gasteiger partial charge is 0.495 e. The number of hydrogen-bond donors (Lipinski definition) is 0. The molecule has 9 heteroatoms. The van der Waals surface area contributed by atoms with Crippen molar-refractivity contribution in [3.8, 4) is 17.2 Å². The van der Waals surface area contributed by atoms with E-state index < -0.39 is 11.1 Å². The van der Waals surface area contributed by atoms with Gasteiger partial charge in [-0.2, -0.15) is 0 Å². The lowest BCUT2D eigenvalue weighted by Gasteiger charge is -2.15. The molecule has 1 heterocycles. The summed E-state index contributed by atoms with van der Waals surface area (Å²) in [7, 11) is 3.02. The lowest BCUT2D eigenvalue weighted by atomic mass is 10.1. The first-order chi connectivity index (χ1) is 16.4. The number of rotatable bonds is 7. The van der Waals surface area contributed by atoms with E-state index in [1.54, 1.807) is 60.7 Å². The summed E-state index contributed by atoms with van der Waals surface area (Å²) in [4.78, 5) is 27.0. The minimum atomic E-state index is -0.418. The Balaban J connectivity index is 1.54. The van der Waals surface area contributed by atoms with Crippen LogP contribution in [0.2, 0.25) is 10.0 Å². The van der Waals surface area contributed by atoms with Crippen LogP contribution < -0.4 is 19.1 Å². The molecule has 3 aromatic rings. The van der Waals surface area contributed by atoms with Crippen molar-refractivity contribution in [1.29, 1.82) is 0 Å². The molecule has 0 aromatic heterocycles. The number of hydrogen-bond acceptors (Lipinski definition) is 6. The summed E-state index contributed by atoms with van der Waals surface area (Å²) in [6, 6.07) is 17.4. The Morgan fingerprint density at radius 3 is 2.38 bits per heavy atom. The maximum atomic E-state index is 13.0. The number of methoxy groups -OCH3 is 2. The molecule has 0 spiro atoms. The molecule has 0 unspecified atom stereocenters. The third kappa shape index (κ3) is 5.01. The fourth-order valence-electron chi connectivity index (χ4n) is 3.32. The average molecular weight is 516 g/mol. The zero-order valence-electron chi connectivity index (χ0n) is 18.2. The summed E-state index contributed by atoms with van der Waals surface area (Å²) in [5.74, 6) is 1.03. The van der Waals surface area contributed by atoms with Gasteiger partial charge in [-0.05, 0) is 65.4 Å². The van der Waals surface area contributed by atoms with Gasteiger partial charge in [0.25, 0.3) is 11.1 Å². The number of benzene rings is 3. The van der Waals surface area contributed by atoms with Gasteiger partial charge in [0.15, 0.2) is 11.5 Å². The van der Waals surface area contributed by atoms with Gasteiger partial charge in [-0.25, -0.2) is 4.90 Å². The van der Waals surface area contributed by atoms with Crippen molar-refractivity contribution in [1.82, 2.24) is 0 Å². The van der Waals surface area contributed by atoms with Gasteiger partial charge in [0, 0.05) is 0 Å². The molecular weight excluding hydrogens is 497 g/mol. The van der Waals surface area contributed by atoms with Crippen LogP contribution in [0.25, 0.3) is 6.08 Å². The van der Waals surface area contributed by atoms with Crippen LogP contribution in [0.4, 0.5) is 10.5 Å². The van der Waals surface area contributed by atoms with Crippen LogP contribution >= 0.6 is 35.0 Å². The molecule has 0 bridgehead atoms. The van der Waals surface area contributed by atoms with E-state index in [-0.39, 0.29) is 6.61 Å². The summed E-state index contributed by atoms with van der Waals surface area (Å²) in [6.07, 6.45) is 1.64. The first-order valence-corrected chi connectivity index (χ1v) is 11.6. The van der Waals surface area contributed by atoms with E-state index in [0.29, 0.717) is 43.4 Å². The van der Waals surface area contributed by atoms with Crippen LogP contribution in [0.5, 0.6) is 17.2 Å². The fourth-order valence-corrected chi connectivity index (χ4v) is 4.48. The molecule has 4 rings (SSSR count). The molecular formula is C25H19Cl2NO5S. The Kier molecular flexibility index (Phi) is 7.36. The second-order valence-corrected chi connectivity index (χ2v) is 8.94. The number of imide groups is 1. The maximum absolute atomic E-state index is 13.0. The predicted octanol–water partition coefficient (Wildman–Crippen LogP) is 6.83. The summed E-state index contributed by atoms with van der Waals surface area (Å²) < 4.78 is 16.6. The lowest BCUT2D eigenvalue weighted by Crippen LogP contribution is -2.28. The number of para-hydroxylation sites is 2. The van der Waals surface area contributed by atoms with Gasteiger partial charge in [-0.3, -0.25) is 9.59 Å². The molecule has 1 fully saturated rings. The van der Waals surface area contributed by atoms with Crippen molar-refractivity contribution >= 4 is 57.9 Å².